The highest BCUT2D eigenvalue weighted by molar-refractivity contribution is 7.99. The fraction of sp³-hybridized carbons (Fsp3) is 0.933. The molecule has 1 aliphatic rings. The Hall–Kier alpha value is -0.260. The van der Waals surface area contributed by atoms with E-state index in [4.69, 9.17) is 9.84 Å². The van der Waals surface area contributed by atoms with Crippen molar-refractivity contribution in [2.24, 2.45) is 5.92 Å². The molecular weight excluding hydrogens is 274 g/mol. The van der Waals surface area contributed by atoms with Crippen molar-refractivity contribution < 1.29 is 14.6 Å². The zero-order valence-electron chi connectivity index (χ0n) is 13.1. The lowest BCUT2D eigenvalue weighted by Crippen LogP contribution is -2.54. The number of hydrogen-bond donors (Lipinski definition) is 2. The van der Waals surface area contributed by atoms with Gasteiger partial charge in [-0.05, 0) is 51.7 Å². The second-order valence-electron chi connectivity index (χ2n) is 6.09. The summed E-state index contributed by atoms with van der Waals surface area (Å²) in [6, 6.07) is 0.263. The van der Waals surface area contributed by atoms with E-state index < -0.39 is 5.54 Å². The number of carbonyl (C=O) groups is 1. The molecule has 0 heterocycles. The highest BCUT2D eigenvalue weighted by Gasteiger charge is 2.46. The molecule has 0 spiro atoms. The third kappa shape index (κ3) is 4.93. The van der Waals surface area contributed by atoms with E-state index in [0.29, 0.717) is 17.8 Å². The lowest BCUT2D eigenvalue weighted by molar-refractivity contribution is -0.151. The summed E-state index contributed by atoms with van der Waals surface area (Å²) in [5, 5.41) is 13.0. The van der Waals surface area contributed by atoms with Crippen LogP contribution >= 0.6 is 11.8 Å². The number of hydrogen-bond acceptors (Lipinski definition) is 5. The topological polar surface area (TPSA) is 58.6 Å². The Morgan fingerprint density at radius 2 is 2.20 bits per heavy atom. The van der Waals surface area contributed by atoms with Gasteiger partial charge in [-0.3, -0.25) is 10.1 Å². The van der Waals surface area contributed by atoms with Crippen molar-refractivity contribution in [3.63, 3.8) is 0 Å². The number of aliphatic hydroxyl groups is 1. The largest absolute Gasteiger partial charge is 0.465 e. The zero-order chi connectivity index (χ0) is 15.2. The molecule has 4 nitrogen and oxygen atoms in total. The number of rotatable bonds is 8. The normalized spacial score (nSPS) is 27.8. The Morgan fingerprint density at radius 1 is 1.50 bits per heavy atom. The third-order valence-corrected chi connectivity index (χ3v) is 5.26. The predicted molar refractivity (Wildman–Crippen MR) is 84.0 cm³/mol. The van der Waals surface area contributed by atoms with E-state index in [2.05, 4.69) is 19.2 Å². The average molecular weight is 303 g/mol. The van der Waals surface area contributed by atoms with Gasteiger partial charge in [0.15, 0.2) is 0 Å². The quantitative estimate of drug-likeness (QED) is 0.673. The van der Waals surface area contributed by atoms with E-state index in [-0.39, 0.29) is 18.6 Å². The van der Waals surface area contributed by atoms with Gasteiger partial charge >= 0.3 is 5.97 Å². The number of nitrogens with one attached hydrogen (secondary N) is 1. The summed E-state index contributed by atoms with van der Waals surface area (Å²) in [5.74, 6) is 1.16. The summed E-state index contributed by atoms with van der Waals surface area (Å²) < 4.78 is 5.27. The van der Waals surface area contributed by atoms with Crippen molar-refractivity contribution in [2.75, 3.05) is 19.0 Å². The molecule has 0 saturated heterocycles. The van der Waals surface area contributed by atoms with Crippen molar-refractivity contribution in [3.05, 3.63) is 0 Å². The molecule has 1 aliphatic carbocycles. The van der Waals surface area contributed by atoms with E-state index in [0.717, 1.165) is 25.0 Å². The smallest absolute Gasteiger partial charge is 0.326 e. The Kier molecular flexibility index (Phi) is 7.34. The molecule has 0 aliphatic heterocycles. The summed E-state index contributed by atoms with van der Waals surface area (Å²) in [5.41, 5.74) is -0.510. The number of aliphatic hydroxyl groups excluding tert-OH is 1. The van der Waals surface area contributed by atoms with Gasteiger partial charge in [-0.1, -0.05) is 6.92 Å². The maximum absolute atomic E-state index is 12.3. The van der Waals surface area contributed by atoms with E-state index in [1.165, 1.54) is 0 Å². The van der Waals surface area contributed by atoms with Crippen molar-refractivity contribution in [2.45, 2.75) is 63.8 Å². The fourth-order valence-electron chi connectivity index (χ4n) is 2.69. The molecule has 20 heavy (non-hydrogen) atoms. The average Bonchev–Trinajstić information content (AvgIpc) is 2.80. The van der Waals surface area contributed by atoms with Crippen LogP contribution < -0.4 is 5.32 Å². The van der Waals surface area contributed by atoms with Gasteiger partial charge in [0, 0.05) is 17.9 Å². The maximum Gasteiger partial charge on any atom is 0.326 e. The zero-order valence-corrected chi connectivity index (χ0v) is 14.0. The van der Waals surface area contributed by atoms with Gasteiger partial charge in [0.05, 0.1) is 6.61 Å². The monoisotopic (exact) mass is 303 g/mol. The number of ether oxygens (including phenoxy) is 1. The summed E-state index contributed by atoms with van der Waals surface area (Å²) in [4.78, 5) is 12.3. The van der Waals surface area contributed by atoms with Crippen LogP contribution in [0.3, 0.4) is 0 Å². The number of thioether (sulfide) groups is 1. The van der Waals surface area contributed by atoms with Gasteiger partial charge in [-0.25, -0.2) is 0 Å². The highest BCUT2D eigenvalue weighted by Crippen LogP contribution is 2.39. The van der Waals surface area contributed by atoms with Crippen LogP contribution in [0.4, 0.5) is 0 Å². The van der Waals surface area contributed by atoms with Crippen LogP contribution in [0.1, 0.15) is 47.0 Å². The van der Waals surface area contributed by atoms with Crippen molar-refractivity contribution in [1.82, 2.24) is 5.32 Å². The SMILES string of the molecule is CCOC(=O)C1(NC(C)C)CCC(SCC(C)CO)C1. The Bertz CT molecular complexity index is 311. The first-order valence-corrected chi connectivity index (χ1v) is 8.65. The van der Waals surface area contributed by atoms with E-state index >= 15 is 0 Å². The standard InChI is InChI=1S/C15H29NO3S/c1-5-19-14(18)15(16-11(2)3)7-6-13(8-15)20-10-12(4)9-17/h11-13,16-17H,5-10H2,1-4H3. The highest BCUT2D eigenvalue weighted by atomic mass is 32.2. The predicted octanol–water partition coefficient (Wildman–Crippen LogP) is 2.20. The Balaban J connectivity index is 2.61. The molecule has 0 aromatic rings. The molecule has 5 heteroatoms. The van der Waals surface area contributed by atoms with Crippen LogP contribution in [0.5, 0.6) is 0 Å². The molecule has 3 unspecified atom stereocenters. The van der Waals surface area contributed by atoms with Gasteiger partial charge in [0.1, 0.15) is 5.54 Å². The molecule has 1 fully saturated rings. The second-order valence-corrected chi connectivity index (χ2v) is 7.42. The van der Waals surface area contributed by atoms with Crippen LogP contribution in [0.2, 0.25) is 0 Å². The van der Waals surface area contributed by atoms with Crippen LogP contribution in [0.25, 0.3) is 0 Å². The minimum atomic E-state index is -0.510. The molecule has 0 radical (unpaired) electrons. The number of carbonyl (C=O) groups excluding carboxylic acids is 1. The minimum absolute atomic E-state index is 0.105. The summed E-state index contributed by atoms with van der Waals surface area (Å²) >= 11 is 1.87. The van der Waals surface area contributed by atoms with Crippen molar-refractivity contribution in [3.8, 4) is 0 Å². The molecule has 1 rings (SSSR count). The summed E-state index contributed by atoms with van der Waals surface area (Å²) in [6.07, 6.45) is 2.70. The fourth-order valence-corrected chi connectivity index (χ4v) is 4.09. The third-order valence-electron chi connectivity index (χ3n) is 3.63. The van der Waals surface area contributed by atoms with Gasteiger partial charge in [0.25, 0.3) is 0 Å². The molecule has 0 amide bonds. The van der Waals surface area contributed by atoms with Crippen LogP contribution in [-0.2, 0) is 9.53 Å². The van der Waals surface area contributed by atoms with Gasteiger partial charge < -0.3 is 9.84 Å². The first-order chi connectivity index (χ1) is 9.43. The molecule has 2 N–H and O–H groups in total. The van der Waals surface area contributed by atoms with E-state index in [1.54, 1.807) is 0 Å². The van der Waals surface area contributed by atoms with Gasteiger partial charge in [-0.15, -0.1) is 0 Å². The van der Waals surface area contributed by atoms with Crippen molar-refractivity contribution >= 4 is 17.7 Å². The minimum Gasteiger partial charge on any atom is -0.465 e. The first kappa shape index (κ1) is 17.8. The molecule has 0 aromatic carbocycles. The Morgan fingerprint density at radius 3 is 2.75 bits per heavy atom. The number of esters is 1. The van der Waals surface area contributed by atoms with E-state index in [9.17, 15) is 4.79 Å². The van der Waals surface area contributed by atoms with Crippen LogP contribution in [0.15, 0.2) is 0 Å². The molecule has 0 aromatic heterocycles. The second kappa shape index (κ2) is 8.25. The van der Waals surface area contributed by atoms with Crippen LogP contribution in [-0.4, -0.2) is 46.9 Å². The molecule has 1 saturated carbocycles. The molecule has 0 bridgehead atoms. The van der Waals surface area contributed by atoms with Crippen LogP contribution in [0, 0.1) is 5.92 Å². The molecular formula is C15H29NO3S. The summed E-state index contributed by atoms with van der Waals surface area (Å²) in [7, 11) is 0. The lowest BCUT2D eigenvalue weighted by atomic mass is 9.96. The van der Waals surface area contributed by atoms with E-state index in [1.807, 2.05) is 25.6 Å². The molecule has 118 valence electrons. The van der Waals surface area contributed by atoms with Gasteiger partial charge in [-0.2, -0.15) is 11.8 Å². The lowest BCUT2D eigenvalue weighted by Gasteiger charge is -2.30. The maximum atomic E-state index is 12.3. The van der Waals surface area contributed by atoms with Gasteiger partial charge in [0.2, 0.25) is 0 Å². The first-order valence-electron chi connectivity index (χ1n) is 7.61. The summed E-state index contributed by atoms with van der Waals surface area (Å²) in [6.45, 7) is 8.69. The Labute approximate surface area is 127 Å². The molecule has 3 atom stereocenters. The van der Waals surface area contributed by atoms with Crippen molar-refractivity contribution in [1.29, 1.82) is 0 Å².